The van der Waals surface area contributed by atoms with Gasteiger partial charge in [-0.25, -0.2) is 0 Å². The number of hydrogen-bond acceptors (Lipinski definition) is 0. The van der Waals surface area contributed by atoms with E-state index in [1.807, 2.05) is 0 Å². The Morgan fingerprint density at radius 3 is 2.13 bits per heavy atom. The van der Waals surface area contributed by atoms with Crippen LogP contribution in [0, 0.1) is 0 Å². The molecule has 86 valence electrons. The highest BCUT2D eigenvalue weighted by atomic mass is 14.1. The fourth-order valence-electron chi connectivity index (χ4n) is 2.24. The zero-order valence-electron chi connectivity index (χ0n) is 10.7. The lowest BCUT2D eigenvalue weighted by Crippen LogP contribution is -1.90. The van der Waals surface area contributed by atoms with E-state index in [1.54, 1.807) is 5.57 Å². The predicted octanol–water partition coefficient (Wildman–Crippen LogP) is 5.40. The van der Waals surface area contributed by atoms with E-state index < -0.39 is 0 Å². The van der Waals surface area contributed by atoms with Gasteiger partial charge < -0.3 is 0 Å². The molecule has 0 N–H and O–H groups in total. The third kappa shape index (κ3) is 4.68. The molecule has 1 aliphatic carbocycles. The van der Waals surface area contributed by atoms with Gasteiger partial charge in [0, 0.05) is 0 Å². The minimum absolute atomic E-state index is 1.27. The molecule has 0 bridgehead atoms. The maximum Gasteiger partial charge on any atom is -0.0317 e. The van der Waals surface area contributed by atoms with Crippen molar-refractivity contribution in [1.82, 2.24) is 0 Å². The van der Waals surface area contributed by atoms with E-state index in [2.05, 4.69) is 26.8 Å². The van der Waals surface area contributed by atoms with E-state index in [0.717, 1.165) is 0 Å². The second kappa shape index (κ2) is 6.87. The van der Waals surface area contributed by atoms with Gasteiger partial charge in [0.05, 0.1) is 0 Å². The van der Waals surface area contributed by atoms with Crippen molar-refractivity contribution in [2.75, 3.05) is 0 Å². The maximum absolute atomic E-state index is 2.43. The van der Waals surface area contributed by atoms with Gasteiger partial charge in [-0.2, -0.15) is 0 Å². The highest BCUT2D eigenvalue weighted by molar-refractivity contribution is 5.31. The third-order valence-electron chi connectivity index (χ3n) is 3.69. The van der Waals surface area contributed by atoms with Gasteiger partial charge in [-0.05, 0) is 52.0 Å². The summed E-state index contributed by atoms with van der Waals surface area (Å²) in [5.74, 6) is 0. The van der Waals surface area contributed by atoms with Crippen molar-refractivity contribution in [2.24, 2.45) is 0 Å². The standard InChI is InChI=1S/C15H26/c1-13-11-9-7-5-4-6-8-10-12-14(2)15(13)3/h11H,4-10,12H2,1-3H3/b13-11-,15-14-. The molecule has 0 aliphatic heterocycles. The highest BCUT2D eigenvalue weighted by Gasteiger charge is 2.01. The molecule has 0 atom stereocenters. The summed E-state index contributed by atoms with van der Waals surface area (Å²) < 4.78 is 0. The SMILES string of the molecule is CC1=C/CCCCCCCC/C(C)=C\1C. The van der Waals surface area contributed by atoms with Gasteiger partial charge in [-0.15, -0.1) is 0 Å². The number of rotatable bonds is 0. The largest absolute Gasteiger partial charge is 0.0813 e. The molecule has 15 heavy (non-hydrogen) atoms. The summed E-state index contributed by atoms with van der Waals surface area (Å²) >= 11 is 0. The Morgan fingerprint density at radius 2 is 1.40 bits per heavy atom. The first-order valence-corrected chi connectivity index (χ1v) is 6.55. The maximum atomic E-state index is 2.43. The summed E-state index contributed by atoms with van der Waals surface area (Å²) in [4.78, 5) is 0. The van der Waals surface area contributed by atoms with E-state index in [4.69, 9.17) is 0 Å². The average Bonchev–Trinajstić information content (AvgIpc) is 2.23. The molecule has 0 amide bonds. The van der Waals surface area contributed by atoms with E-state index in [1.165, 1.54) is 62.5 Å². The second-order valence-corrected chi connectivity index (χ2v) is 4.95. The minimum atomic E-state index is 1.27. The zero-order chi connectivity index (χ0) is 11.1. The molecule has 0 aromatic carbocycles. The van der Waals surface area contributed by atoms with Crippen LogP contribution in [0.1, 0.15) is 72.1 Å². The van der Waals surface area contributed by atoms with E-state index in [-0.39, 0.29) is 0 Å². The second-order valence-electron chi connectivity index (χ2n) is 4.95. The normalized spacial score (nSPS) is 29.9. The Balaban J connectivity index is 2.65. The molecule has 0 unspecified atom stereocenters. The van der Waals surface area contributed by atoms with E-state index >= 15 is 0 Å². The van der Waals surface area contributed by atoms with E-state index in [0.29, 0.717) is 0 Å². The lowest BCUT2D eigenvalue weighted by molar-refractivity contribution is 0.593. The summed E-state index contributed by atoms with van der Waals surface area (Å²) in [6.07, 6.45) is 13.5. The van der Waals surface area contributed by atoms with Crippen LogP contribution in [-0.2, 0) is 0 Å². The fraction of sp³-hybridized carbons (Fsp3) is 0.733. The summed E-state index contributed by atoms with van der Waals surface area (Å²) in [6.45, 7) is 6.86. The molecule has 0 heteroatoms. The lowest BCUT2D eigenvalue weighted by atomic mass is 9.96. The van der Waals surface area contributed by atoms with Crippen LogP contribution >= 0.6 is 0 Å². The quantitative estimate of drug-likeness (QED) is 0.497. The van der Waals surface area contributed by atoms with Crippen LogP contribution in [0.15, 0.2) is 22.8 Å². The highest BCUT2D eigenvalue weighted by Crippen LogP contribution is 2.21. The summed E-state index contributed by atoms with van der Waals surface area (Å²) in [7, 11) is 0. The molecule has 0 saturated carbocycles. The van der Waals surface area contributed by atoms with Crippen molar-refractivity contribution in [3.63, 3.8) is 0 Å². The Kier molecular flexibility index (Phi) is 5.75. The van der Waals surface area contributed by atoms with Crippen LogP contribution in [-0.4, -0.2) is 0 Å². The van der Waals surface area contributed by atoms with Gasteiger partial charge >= 0.3 is 0 Å². The Morgan fingerprint density at radius 1 is 0.800 bits per heavy atom. The molecule has 0 fully saturated rings. The van der Waals surface area contributed by atoms with Crippen molar-refractivity contribution in [1.29, 1.82) is 0 Å². The third-order valence-corrected chi connectivity index (χ3v) is 3.69. The lowest BCUT2D eigenvalue weighted by Gasteiger charge is -2.10. The molecule has 0 heterocycles. The smallest absolute Gasteiger partial charge is 0.0317 e. The summed E-state index contributed by atoms with van der Waals surface area (Å²) in [5.41, 5.74) is 4.65. The first kappa shape index (κ1) is 12.5. The van der Waals surface area contributed by atoms with Crippen molar-refractivity contribution in [2.45, 2.75) is 72.1 Å². The molecule has 0 aromatic rings. The predicted molar refractivity (Wildman–Crippen MR) is 69.1 cm³/mol. The van der Waals surface area contributed by atoms with Gasteiger partial charge in [-0.1, -0.05) is 42.9 Å². The zero-order valence-corrected chi connectivity index (χ0v) is 10.7. The molecule has 0 saturated heterocycles. The van der Waals surface area contributed by atoms with Crippen LogP contribution in [0.25, 0.3) is 0 Å². The van der Waals surface area contributed by atoms with Gasteiger partial charge in [0.2, 0.25) is 0 Å². The van der Waals surface area contributed by atoms with Gasteiger partial charge in [0.25, 0.3) is 0 Å². The Bertz CT molecular complexity index is 243. The topological polar surface area (TPSA) is 0 Å². The van der Waals surface area contributed by atoms with E-state index in [9.17, 15) is 0 Å². The molecule has 0 nitrogen and oxygen atoms in total. The fourth-order valence-corrected chi connectivity index (χ4v) is 2.24. The van der Waals surface area contributed by atoms with Crippen molar-refractivity contribution < 1.29 is 0 Å². The first-order chi connectivity index (χ1) is 7.22. The molecule has 0 spiro atoms. The van der Waals surface area contributed by atoms with Crippen LogP contribution in [0.3, 0.4) is 0 Å². The van der Waals surface area contributed by atoms with Gasteiger partial charge in [0.15, 0.2) is 0 Å². The minimum Gasteiger partial charge on any atom is -0.0813 e. The molecule has 0 radical (unpaired) electrons. The average molecular weight is 206 g/mol. The molecule has 0 aromatic heterocycles. The van der Waals surface area contributed by atoms with Crippen molar-refractivity contribution >= 4 is 0 Å². The van der Waals surface area contributed by atoms with Gasteiger partial charge in [0.1, 0.15) is 0 Å². The van der Waals surface area contributed by atoms with Crippen LogP contribution < -0.4 is 0 Å². The first-order valence-electron chi connectivity index (χ1n) is 6.55. The monoisotopic (exact) mass is 206 g/mol. The number of hydrogen-bond donors (Lipinski definition) is 0. The van der Waals surface area contributed by atoms with Crippen LogP contribution in [0.5, 0.6) is 0 Å². The Labute approximate surface area is 95.5 Å². The molecular formula is C15H26. The van der Waals surface area contributed by atoms with Gasteiger partial charge in [-0.3, -0.25) is 0 Å². The summed E-state index contributed by atoms with van der Waals surface area (Å²) in [6, 6.07) is 0. The molecule has 1 aliphatic rings. The molecule has 1 rings (SSSR count). The number of allylic oxidation sites excluding steroid dienone is 4. The summed E-state index contributed by atoms with van der Waals surface area (Å²) in [5, 5.41) is 0. The van der Waals surface area contributed by atoms with Crippen LogP contribution in [0.4, 0.5) is 0 Å². The van der Waals surface area contributed by atoms with Crippen molar-refractivity contribution in [3.8, 4) is 0 Å². The van der Waals surface area contributed by atoms with Crippen LogP contribution in [0.2, 0.25) is 0 Å². The Hall–Kier alpha value is -0.520. The van der Waals surface area contributed by atoms with Crippen molar-refractivity contribution in [3.05, 3.63) is 22.8 Å². The molecular weight excluding hydrogens is 180 g/mol.